The fraction of sp³-hybridized carbons (Fsp3) is 0.250. The van der Waals surface area contributed by atoms with Crippen LogP contribution in [0.2, 0.25) is 0 Å². The highest BCUT2D eigenvalue weighted by Crippen LogP contribution is 2.38. The van der Waals surface area contributed by atoms with Gasteiger partial charge in [0.05, 0.1) is 16.8 Å². The summed E-state index contributed by atoms with van der Waals surface area (Å²) in [6.45, 7) is 3.30. The Hall–Kier alpha value is -3.73. The molecule has 2 heterocycles. The van der Waals surface area contributed by atoms with E-state index in [1.165, 1.54) is 5.56 Å². The van der Waals surface area contributed by atoms with Crippen LogP contribution in [-0.4, -0.2) is 22.0 Å². The monoisotopic (exact) mass is 437 g/mol. The fourth-order valence-electron chi connectivity index (χ4n) is 4.79. The molecule has 0 saturated carbocycles. The molecule has 0 unspecified atom stereocenters. The van der Waals surface area contributed by atoms with Gasteiger partial charge in [-0.05, 0) is 42.2 Å². The van der Waals surface area contributed by atoms with Crippen LogP contribution < -0.4 is 10.5 Å². The van der Waals surface area contributed by atoms with Gasteiger partial charge in [0.2, 0.25) is 5.91 Å². The molecule has 0 N–H and O–H groups in total. The minimum absolute atomic E-state index is 0.0457. The van der Waals surface area contributed by atoms with Gasteiger partial charge in [0.25, 0.3) is 5.56 Å². The lowest BCUT2D eigenvalue weighted by atomic mass is 9.96. The first-order valence-corrected chi connectivity index (χ1v) is 11.6. The number of aryl methyl sites for hydroxylation is 1. The number of amides is 1. The number of para-hydroxylation sites is 2. The number of aromatic nitrogens is 2. The maximum atomic E-state index is 13.5. The highest BCUT2D eigenvalue weighted by Gasteiger charge is 2.37. The predicted molar refractivity (Wildman–Crippen MR) is 132 cm³/mol. The van der Waals surface area contributed by atoms with Crippen LogP contribution in [-0.2, 0) is 24.2 Å². The Kier molecular flexibility index (Phi) is 5.78. The van der Waals surface area contributed by atoms with E-state index in [0.717, 1.165) is 24.1 Å². The Morgan fingerprint density at radius 1 is 0.848 bits per heavy atom. The number of fused-ring (bicyclic) bond motifs is 2. The van der Waals surface area contributed by atoms with Crippen molar-refractivity contribution in [3.05, 3.63) is 106 Å². The number of hydrogen-bond acceptors (Lipinski definition) is 3. The Labute approximate surface area is 193 Å². The number of benzene rings is 3. The first-order valence-electron chi connectivity index (χ1n) is 11.6. The summed E-state index contributed by atoms with van der Waals surface area (Å²) in [5.74, 6) is 0.431. The SMILES string of the molecule is CCCN1C(=O)[C@H](Cc2nc3ccccc3c(=O)n2CCc2ccccc2)c2ccccc21. The lowest BCUT2D eigenvalue weighted by Crippen LogP contribution is -2.32. The van der Waals surface area contributed by atoms with Crippen LogP contribution in [0.25, 0.3) is 10.9 Å². The van der Waals surface area contributed by atoms with E-state index in [1.54, 1.807) is 4.57 Å². The van der Waals surface area contributed by atoms with Crippen molar-refractivity contribution in [3.63, 3.8) is 0 Å². The van der Waals surface area contributed by atoms with Gasteiger partial charge in [-0.15, -0.1) is 0 Å². The van der Waals surface area contributed by atoms with Crippen molar-refractivity contribution in [1.82, 2.24) is 9.55 Å². The van der Waals surface area contributed by atoms with Gasteiger partial charge in [-0.2, -0.15) is 0 Å². The number of carbonyl (C=O) groups excluding carboxylic acids is 1. The lowest BCUT2D eigenvalue weighted by molar-refractivity contribution is -0.119. The van der Waals surface area contributed by atoms with Crippen molar-refractivity contribution >= 4 is 22.5 Å². The van der Waals surface area contributed by atoms with Gasteiger partial charge in [-0.3, -0.25) is 14.2 Å². The molecule has 0 radical (unpaired) electrons. The van der Waals surface area contributed by atoms with Gasteiger partial charge in [0.1, 0.15) is 5.82 Å². The molecule has 0 spiro atoms. The van der Waals surface area contributed by atoms with Crippen LogP contribution in [0.1, 0.15) is 36.2 Å². The van der Waals surface area contributed by atoms with E-state index >= 15 is 0 Å². The first kappa shape index (κ1) is 21.1. The second-order valence-electron chi connectivity index (χ2n) is 8.54. The van der Waals surface area contributed by atoms with Crippen LogP contribution in [0.4, 0.5) is 5.69 Å². The molecule has 1 aliphatic heterocycles. The topological polar surface area (TPSA) is 55.2 Å². The molecular weight excluding hydrogens is 410 g/mol. The molecule has 1 atom stereocenters. The van der Waals surface area contributed by atoms with E-state index < -0.39 is 0 Å². The molecule has 5 nitrogen and oxygen atoms in total. The summed E-state index contributed by atoms with van der Waals surface area (Å²) >= 11 is 0. The largest absolute Gasteiger partial charge is 0.312 e. The summed E-state index contributed by atoms with van der Waals surface area (Å²) in [4.78, 5) is 33.6. The molecule has 0 bridgehead atoms. The predicted octanol–water partition coefficient (Wildman–Crippen LogP) is 4.72. The summed E-state index contributed by atoms with van der Waals surface area (Å²) in [7, 11) is 0. The molecule has 3 aromatic carbocycles. The van der Waals surface area contributed by atoms with E-state index in [-0.39, 0.29) is 17.4 Å². The van der Waals surface area contributed by atoms with Gasteiger partial charge < -0.3 is 4.90 Å². The average molecular weight is 438 g/mol. The summed E-state index contributed by atoms with van der Waals surface area (Å²) in [5, 5.41) is 0.611. The highest BCUT2D eigenvalue weighted by atomic mass is 16.2. The molecule has 4 aromatic rings. The molecule has 0 saturated heterocycles. The zero-order valence-corrected chi connectivity index (χ0v) is 18.8. The van der Waals surface area contributed by atoms with E-state index in [2.05, 4.69) is 19.1 Å². The highest BCUT2D eigenvalue weighted by molar-refractivity contribution is 6.05. The average Bonchev–Trinajstić information content (AvgIpc) is 3.11. The first-order chi connectivity index (χ1) is 16.2. The van der Waals surface area contributed by atoms with Crippen LogP contribution >= 0.6 is 0 Å². The minimum atomic E-state index is -0.330. The summed E-state index contributed by atoms with van der Waals surface area (Å²) in [5.41, 5.74) is 3.80. The Morgan fingerprint density at radius 3 is 2.39 bits per heavy atom. The van der Waals surface area contributed by atoms with E-state index in [1.807, 2.05) is 71.6 Å². The van der Waals surface area contributed by atoms with Crippen molar-refractivity contribution < 1.29 is 4.79 Å². The zero-order valence-electron chi connectivity index (χ0n) is 18.8. The standard InChI is InChI=1S/C28H27N3O2/c1-2-17-30-25-15-9-7-12-21(25)23(28(30)33)19-26-29-24-14-8-6-13-22(24)27(32)31(26)18-16-20-10-4-3-5-11-20/h3-15,23H,2,16-19H2,1H3/t23-/m1/s1. The fourth-order valence-corrected chi connectivity index (χ4v) is 4.79. The smallest absolute Gasteiger partial charge is 0.261 e. The van der Waals surface area contributed by atoms with Crippen molar-refractivity contribution in [2.45, 2.75) is 38.6 Å². The maximum absolute atomic E-state index is 13.5. The molecule has 5 heteroatoms. The maximum Gasteiger partial charge on any atom is 0.261 e. The Balaban J connectivity index is 1.56. The number of nitrogens with zero attached hydrogens (tertiary/aromatic N) is 3. The number of hydrogen-bond donors (Lipinski definition) is 0. The molecule has 1 amide bonds. The molecule has 5 rings (SSSR count). The third-order valence-electron chi connectivity index (χ3n) is 6.41. The van der Waals surface area contributed by atoms with E-state index in [9.17, 15) is 9.59 Å². The third-order valence-corrected chi connectivity index (χ3v) is 6.41. The molecule has 1 aromatic heterocycles. The molecule has 33 heavy (non-hydrogen) atoms. The van der Waals surface area contributed by atoms with Crippen LogP contribution in [0, 0.1) is 0 Å². The van der Waals surface area contributed by atoms with E-state index in [0.29, 0.717) is 36.2 Å². The van der Waals surface area contributed by atoms with Crippen molar-refractivity contribution in [2.75, 3.05) is 11.4 Å². The van der Waals surface area contributed by atoms with Gasteiger partial charge >= 0.3 is 0 Å². The van der Waals surface area contributed by atoms with Gasteiger partial charge in [0.15, 0.2) is 0 Å². The number of carbonyl (C=O) groups is 1. The van der Waals surface area contributed by atoms with Crippen LogP contribution in [0.3, 0.4) is 0 Å². The normalized spacial score (nSPS) is 15.2. The Morgan fingerprint density at radius 2 is 1.58 bits per heavy atom. The molecular formula is C28H27N3O2. The van der Waals surface area contributed by atoms with Crippen molar-refractivity contribution in [1.29, 1.82) is 0 Å². The Bertz CT molecular complexity index is 1360. The number of rotatable bonds is 7. The van der Waals surface area contributed by atoms with Gasteiger partial charge in [-0.25, -0.2) is 4.98 Å². The molecule has 0 aliphatic carbocycles. The summed E-state index contributed by atoms with van der Waals surface area (Å²) in [6.07, 6.45) is 2.03. The number of anilines is 1. The summed E-state index contributed by atoms with van der Waals surface area (Å²) in [6, 6.07) is 25.6. The second-order valence-corrected chi connectivity index (χ2v) is 8.54. The van der Waals surface area contributed by atoms with Crippen LogP contribution in [0.5, 0.6) is 0 Å². The van der Waals surface area contributed by atoms with Gasteiger partial charge in [0, 0.05) is 25.2 Å². The summed E-state index contributed by atoms with van der Waals surface area (Å²) < 4.78 is 1.77. The van der Waals surface area contributed by atoms with E-state index in [4.69, 9.17) is 4.98 Å². The quantitative estimate of drug-likeness (QED) is 0.420. The third kappa shape index (κ3) is 3.95. The van der Waals surface area contributed by atoms with Crippen molar-refractivity contribution in [3.8, 4) is 0 Å². The molecule has 0 fully saturated rings. The molecule has 166 valence electrons. The minimum Gasteiger partial charge on any atom is -0.312 e. The molecule has 1 aliphatic rings. The second kappa shape index (κ2) is 9.02. The zero-order chi connectivity index (χ0) is 22.8. The lowest BCUT2D eigenvalue weighted by Gasteiger charge is -2.18. The van der Waals surface area contributed by atoms with Gasteiger partial charge in [-0.1, -0.05) is 67.6 Å². The van der Waals surface area contributed by atoms with Crippen LogP contribution in [0.15, 0.2) is 83.7 Å². The van der Waals surface area contributed by atoms with Crippen molar-refractivity contribution in [2.24, 2.45) is 0 Å².